The van der Waals surface area contributed by atoms with Gasteiger partial charge in [0.15, 0.2) is 6.61 Å². The van der Waals surface area contributed by atoms with Gasteiger partial charge in [0, 0.05) is 6.08 Å². The van der Waals surface area contributed by atoms with Crippen molar-refractivity contribution >= 4 is 23.9 Å². The molecule has 0 N–H and O–H groups in total. The Morgan fingerprint density at radius 2 is 1.97 bits per heavy atom. The molecule has 2 heterocycles. The van der Waals surface area contributed by atoms with Crippen LogP contribution in [0.25, 0.3) is 0 Å². The Morgan fingerprint density at radius 3 is 2.59 bits per heavy atom. The number of esters is 4. The first kappa shape index (κ1) is 21.3. The molecule has 160 valence electrons. The van der Waals surface area contributed by atoms with Crippen molar-refractivity contribution in [3.8, 4) is 0 Å². The molecular weight excluding hydrogens is 384 g/mol. The second kappa shape index (κ2) is 8.52. The van der Waals surface area contributed by atoms with Crippen LogP contribution in [0.5, 0.6) is 0 Å². The van der Waals surface area contributed by atoms with Gasteiger partial charge in [-0.1, -0.05) is 13.5 Å². The van der Waals surface area contributed by atoms with Crippen LogP contribution in [-0.2, 0) is 42.9 Å². The van der Waals surface area contributed by atoms with Crippen LogP contribution >= 0.6 is 0 Å². The predicted molar refractivity (Wildman–Crippen MR) is 96.0 cm³/mol. The average Bonchev–Trinajstić information content (AvgIpc) is 3.37. The second-order valence-electron chi connectivity index (χ2n) is 7.63. The topological polar surface area (TPSA) is 114 Å². The van der Waals surface area contributed by atoms with Crippen LogP contribution in [0.4, 0.5) is 0 Å². The number of fused-ring (bicyclic) bond motifs is 1. The summed E-state index contributed by atoms with van der Waals surface area (Å²) in [7, 11) is 0. The van der Waals surface area contributed by atoms with E-state index in [1.165, 1.54) is 0 Å². The highest BCUT2D eigenvalue weighted by atomic mass is 16.7. The van der Waals surface area contributed by atoms with Crippen LogP contribution in [0.15, 0.2) is 12.7 Å². The van der Waals surface area contributed by atoms with Gasteiger partial charge in [0.05, 0.1) is 0 Å². The fraction of sp³-hybridized carbons (Fsp3) is 0.700. The number of carbonyl (C=O) groups excluding carboxylic acids is 4. The standard InChI is InChI=1S/C20H26O9/c1-4-12(21)25-10-13(22)27-19-15(14-16(28-19)11(3)26-17(14)23)18(24)29-20(5-2)8-6-7-9-20/h4,11,14-16,19H,1,5-10H2,2-3H3. The molecule has 0 amide bonds. The Morgan fingerprint density at radius 1 is 1.28 bits per heavy atom. The summed E-state index contributed by atoms with van der Waals surface area (Å²) in [6, 6.07) is 0. The first-order chi connectivity index (χ1) is 13.8. The highest BCUT2D eigenvalue weighted by Crippen LogP contribution is 2.44. The predicted octanol–water partition coefficient (Wildman–Crippen LogP) is 1.43. The minimum Gasteiger partial charge on any atom is -0.460 e. The molecule has 0 radical (unpaired) electrons. The van der Waals surface area contributed by atoms with E-state index in [4.69, 9.17) is 18.9 Å². The summed E-state index contributed by atoms with van der Waals surface area (Å²) >= 11 is 0. The zero-order valence-corrected chi connectivity index (χ0v) is 16.6. The van der Waals surface area contributed by atoms with E-state index in [0.717, 1.165) is 31.8 Å². The smallest absolute Gasteiger partial charge is 0.346 e. The molecule has 3 rings (SSSR count). The molecule has 3 aliphatic rings. The third-order valence-electron chi connectivity index (χ3n) is 5.86. The number of ether oxygens (including phenoxy) is 5. The molecule has 5 unspecified atom stereocenters. The van der Waals surface area contributed by atoms with Gasteiger partial charge in [-0.3, -0.25) is 9.59 Å². The van der Waals surface area contributed by atoms with Gasteiger partial charge in [0.25, 0.3) is 0 Å². The van der Waals surface area contributed by atoms with Crippen molar-refractivity contribution in [3.63, 3.8) is 0 Å². The molecule has 2 aliphatic heterocycles. The lowest BCUT2D eigenvalue weighted by Crippen LogP contribution is -2.41. The van der Waals surface area contributed by atoms with Crippen molar-refractivity contribution in [2.24, 2.45) is 11.8 Å². The van der Waals surface area contributed by atoms with E-state index in [9.17, 15) is 19.2 Å². The number of carbonyl (C=O) groups is 4. The molecule has 0 aromatic rings. The third-order valence-corrected chi connectivity index (χ3v) is 5.86. The Kier molecular flexibility index (Phi) is 6.26. The van der Waals surface area contributed by atoms with Gasteiger partial charge in [0.1, 0.15) is 29.6 Å². The summed E-state index contributed by atoms with van der Waals surface area (Å²) in [5.74, 6) is -4.98. The fourth-order valence-corrected chi connectivity index (χ4v) is 4.25. The molecule has 9 heteroatoms. The minimum atomic E-state index is -1.32. The molecule has 0 aromatic heterocycles. The van der Waals surface area contributed by atoms with Crippen LogP contribution < -0.4 is 0 Å². The molecule has 0 bridgehead atoms. The lowest BCUT2D eigenvalue weighted by Gasteiger charge is -2.30. The van der Waals surface area contributed by atoms with Gasteiger partial charge >= 0.3 is 23.9 Å². The van der Waals surface area contributed by atoms with E-state index in [-0.39, 0.29) is 0 Å². The molecule has 29 heavy (non-hydrogen) atoms. The number of hydrogen-bond donors (Lipinski definition) is 0. The van der Waals surface area contributed by atoms with E-state index < -0.39 is 66.4 Å². The van der Waals surface area contributed by atoms with Crippen LogP contribution in [0.3, 0.4) is 0 Å². The number of rotatable bonds is 7. The molecule has 0 aromatic carbocycles. The van der Waals surface area contributed by atoms with E-state index >= 15 is 0 Å². The van der Waals surface area contributed by atoms with Crippen molar-refractivity contribution in [1.82, 2.24) is 0 Å². The van der Waals surface area contributed by atoms with Crippen molar-refractivity contribution in [2.75, 3.05) is 6.61 Å². The highest BCUT2D eigenvalue weighted by molar-refractivity contribution is 5.86. The van der Waals surface area contributed by atoms with E-state index in [2.05, 4.69) is 11.3 Å². The summed E-state index contributed by atoms with van der Waals surface area (Å²) in [5, 5.41) is 0. The summed E-state index contributed by atoms with van der Waals surface area (Å²) in [6.45, 7) is 6.16. The summed E-state index contributed by atoms with van der Waals surface area (Å²) in [4.78, 5) is 48.6. The maximum Gasteiger partial charge on any atom is 0.346 e. The Bertz CT molecular complexity index is 694. The average molecular weight is 410 g/mol. The van der Waals surface area contributed by atoms with Crippen LogP contribution in [-0.4, -0.2) is 54.6 Å². The molecule has 5 atom stereocenters. The molecule has 3 fully saturated rings. The minimum absolute atomic E-state index is 0.572. The Balaban J connectivity index is 1.74. The first-order valence-corrected chi connectivity index (χ1v) is 9.87. The third kappa shape index (κ3) is 4.29. The molecular formula is C20H26O9. The van der Waals surface area contributed by atoms with Crippen molar-refractivity contribution in [3.05, 3.63) is 12.7 Å². The van der Waals surface area contributed by atoms with Gasteiger partial charge in [-0.15, -0.1) is 0 Å². The SMILES string of the molecule is C=CC(=O)OCC(=O)OC1OC2C(C)OC(=O)C2C1C(=O)OC1(CC)CCCC1. The molecule has 0 spiro atoms. The summed E-state index contributed by atoms with van der Waals surface area (Å²) in [6.07, 6.45) is 2.35. The van der Waals surface area contributed by atoms with Crippen molar-refractivity contribution < 1.29 is 42.9 Å². The molecule has 9 nitrogen and oxygen atoms in total. The largest absolute Gasteiger partial charge is 0.460 e. The first-order valence-electron chi connectivity index (χ1n) is 9.87. The fourth-order valence-electron chi connectivity index (χ4n) is 4.25. The van der Waals surface area contributed by atoms with E-state index in [1.807, 2.05) is 6.92 Å². The highest BCUT2D eigenvalue weighted by Gasteiger charge is 2.61. The maximum absolute atomic E-state index is 13.1. The lowest BCUT2D eigenvalue weighted by atomic mass is 9.89. The van der Waals surface area contributed by atoms with Crippen LogP contribution in [0.1, 0.15) is 46.0 Å². The van der Waals surface area contributed by atoms with Gasteiger partial charge in [0.2, 0.25) is 6.29 Å². The van der Waals surface area contributed by atoms with Crippen molar-refractivity contribution in [1.29, 1.82) is 0 Å². The van der Waals surface area contributed by atoms with Gasteiger partial charge in [-0.05, 0) is 39.0 Å². The maximum atomic E-state index is 13.1. The number of hydrogen-bond acceptors (Lipinski definition) is 9. The quantitative estimate of drug-likeness (QED) is 0.349. The zero-order chi connectivity index (χ0) is 21.2. The van der Waals surface area contributed by atoms with Gasteiger partial charge in [-0.25, -0.2) is 9.59 Å². The summed E-state index contributed by atoms with van der Waals surface area (Å²) < 4.78 is 26.6. The normalized spacial score (nSPS) is 32.2. The Labute approximate surface area is 168 Å². The summed E-state index contributed by atoms with van der Waals surface area (Å²) in [5.41, 5.74) is -0.572. The van der Waals surface area contributed by atoms with E-state index in [1.54, 1.807) is 6.92 Å². The second-order valence-corrected chi connectivity index (χ2v) is 7.63. The molecule has 2 saturated heterocycles. The monoisotopic (exact) mass is 410 g/mol. The van der Waals surface area contributed by atoms with Crippen LogP contribution in [0.2, 0.25) is 0 Å². The van der Waals surface area contributed by atoms with Crippen molar-refractivity contribution in [2.45, 2.75) is 70.1 Å². The lowest BCUT2D eigenvalue weighted by molar-refractivity contribution is -0.202. The molecule has 1 aliphatic carbocycles. The number of cyclic esters (lactones) is 1. The van der Waals surface area contributed by atoms with Gasteiger partial charge < -0.3 is 23.7 Å². The Hall–Kier alpha value is -2.42. The molecule has 1 saturated carbocycles. The zero-order valence-electron chi connectivity index (χ0n) is 16.6. The van der Waals surface area contributed by atoms with E-state index in [0.29, 0.717) is 6.42 Å². The van der Waals surface area contributed by atoms with Gasteiger partial charge in [-0.2, -0.15) is 0 Å². The van der Waals surface area contributed by atoms with Crippen LogP contribution in [0, 0.1) is 11.8 Å².